The monoisotopic (exact) mass is 472 g/mol. The van der Waals surface area contributed by atoms with E-state index in [1.807, 2.05) is 30.3 Å². The Morgan fingerprint density at radius 3 is 2.76 bits per heavy atom. The van der Waals surface area contributed by atoms with E-state index in [0.717, 1.165) is 5.56 Å². The molecule has 1 amide bonds. The van der Waals surface area contributed by atoms with Crippen molar-refractivity contribution in [1.29, 1.82) is 0 Å². The zero-order valence-corrected chi connectivity index (χ0v) is 19.1. The van der Waals surface area contributed by atoms with Crippen molar-refractivity contribution in [3.05, 3.63) is 107 Å². The van der Waals surface area contributed by atoms with Crippen LogP contribution in [0.4, 0.5) is 16.0 Å². The lowest BCUT2D eigenvalue weighted by atomic mass is 9.95. The second kappa shape index (κ2) is 9.48. The number of carbonyl (C=O) groups is 1. The first-order chi connectivity index (χ1) is 16.6. The Bertz CT molecular complexity index is 1360. The van der Waals surface area contributed by atoms with E-state index < -0.39 is 6.04 Å². The van der Waals surface area contributed by atoms with Crippen LogP contribution in [0.25, 0.3) is 0 Å². The molecular formula is C25H21FN6OS. The van der Waals surface area contributed by atoms with Gasteiger partial charge in [0.15, 0.2) is 0 Å². The van der Waals surface area contributed by atoms with E-state index in [9.17, 15) is 9.18 Å². The summed E-state index contributed by atoms with van der Waals surface area (Å²) in [5.41, 5.74) is 3.36. The van der Waals surface area contributed by atoms with Gasteiger partial charge in [0.1, 0.15) is 11.9 Å². The van der Waals surface area contributed by atoms with Crippen molar-refractivity contribution < 1.29 is 9.18 Å². The van der Waals surface area contributed by atoms with Gasteiger partial charge in [-0.1, -0.05) is 54.2 Å². The number of carbonyl (C=O) groups excluding carboxylic acids is 1. The van der Waals surface area contributed by atoms with Gasteiger partial charge < -0.3 is 10.6 Å². The summed E-state index contributed by atoms with van der Waals surface area (Å²) in [6.45, 7) is 1.80. The second-order valence-corrected chi connectivity index (χ2v) is 8.70. The lowest BCUT2D eigenvalue weighted by molar-refractivity contribution is -0.113. The molecule has 3 heterocycles. The molecule has 0 bridgehead atoms. The van der Waals surface area contributed by atoms with Crippen molar-refractivity contribution in [1.82, 2.24) is 19.7 Å². The first-order valence-electron chi connectivity index (χ1n) is 10.7. The Kier molecular flexibility index (Phi) is 6.09. The van der Waals surface area contributed by atoms with Gasteiger partial charge in [-0.2, -0.15) is 4.98 Å². The molecule has 7 nitrogen and oxygen atoms in total. The minimum atomic E-state index is -0.651. The fourth-order valence-corrected chi connectivity index (χ4v) is 4.61. The Morgan fingerprint density at radius 2 is 2.00 bits per heavy atom. The van der Waals surface area contributed by atoms with Crippen LogP contribution < -0.4 is 10.6 Å². The number of fused-ring (bicyclic) bond motifs is 1. The molecule has 5 rings (SSSR count). The van der Waals surface area contributed by atoms with Crippen LogP contribution in [0, 0.1) is 5.82 Å². The van der Waals surface area contributed by atoms with E-state index in [1.54, 1.807) is 48.3 Å². The molecule has 2 aromatic carbocycles. The first kappa shape index (κ1) is 21.8. The Morgan fingerprint density at radius 1 is 1.15 bits per heavy atom. The number of hydrogen-bond donors (Lipinski definition) is 2. The first-order valence-corrected chi connectivity index (χ1v) is 11.6. The summed E-state index contributed by atoms with van der Waals surface area (Å²) >= 11 is 1.50. The van der Waals surface area contributed by atoms with Gasteiger partial charge in [-0.15, -0.1) is 5.10 Å². The number of anilines is 2. The Hall–Kier alpha value is -3.98. The molecule has 0 radical (unpaired) electrons. The van der Waals surface area contributed by atoms with Gasteiger partial charge in [-0.25, -0.2) is 9.07 Å². The molecule has 9 heteroatoms. The number of nitrogens with zero attached hydrogens (tertiary/aromatic N) is 4. The maximum atomic E-state index is 14.2. The third kappa shape index (κ3) is 4.55. The van der Waals surface area contributed by atoms with Crippen LogP contribution in [0.2, 0.25) is 0 Å². The summed E-state index contributed by atoms with van der Waals surface area (Å²) in [4.78, 5) is 22.1. The molecule has 0 spiro atoms. The van der Waals surface area contributed by atoms with Gasteiger partial charge in [-0.3, -0.25) is 9.78 Å². The Labute approximate surface area is 200 Å². The number of hydrogen-bond acceptors (Lipinski definition) is 6. The molecule has 34 heavy (non-hydrogen) atoms. The summed E-state index contributed by atoms with van der Waals surface area (Å²) in [7, 11) is 0. The van der Waals surface area contributed by atoms with Crippen LogP contribution >= 0.6 is 11.8 Å². The minimum absolute atomic E-state index is 0.327. The normalized spacial score (nSPS) is 14.9. The highest BCUT2D eigenvalue weighted by Gasteiger charge is 2.34. The third-order valence-corrected chi connectivity index (χ3v) is 6.28. The Balaban J connectivity index is 1.50. The average Bonchev–Trinajstić information content (AvgIpc) is 3.25. The molecule has 1 atom stereocenters. The van der Waals surface area contributed by atoms with Crippen LogP contribution in [0.5, 0.6) is 0 Å². The average molecular weight is 473 g/mol. The predicted molar refractivity (Wildman–Crippen MR) is 130 cm³/mol. The van der Waals surface area contributed by atoms with Crippen molar-refractivity contribution in [3.8, 4) is 0 Å². The highest BCUT2D eigenvalue weighted by Crippen LogP contribution is 2.37. The van der Waals surface area contributed by atoms with Crippen molar-refractivity contribution in [2.24, 2.45) is 0 Å². The van der Waals surface area contributed by atoms with Gasteiger partial charge in [0.05, 0.1) is 17.5 Å². The molecule has 4 aromatic rings. The minimum Gasteiger partial charge on any atom is -0.328 e. The van der Waals surface area contributed by atoms with Gasteiger partial charge in [-0.05, 0) is 42.3 Å². The second-order valence-electron chi connectivity index (χ2n) is 7.75. The van der Waals surface area contributed by atoms with Crippen molar-refractivity contribution in [3.63, 3.8) is 0 Å². The van der Waals surface area contributed by atoms with Crippen LogP contribution in [-0.2, 0) is 10.5 Å². The maximum absolute atomic E-state index is 14.2. The molecule has 2 N–H and O–H groups in total. The summed E-state index contributed by atoms with van der Waals surface area (Å²) in [6, 6.07) is 19.1. The zero-order valence-electron chi connectivity index (χ0n) is 18.3. The topological polar surface area (TPSA) is 84.7 Å². The molecule has 0 fully saturated rings. The van der Waals surface area contributed by atoms with Crippen LogP contribution in [0.1, 0.15) is 24.1 Å². The van der Waals surface area contributed by atoms with Crippen molar-refractivity contribution in [2.45, 2.75) is 23.9 Å². The van der Waals surface area contributed by atoms with E-state index in [-0.39, 0.29) is 11.7 Å². The summed E-state index contributed by atoms with van der Waals surface area (Å²) in [5.74, 6) is 0.489. The quantitative estimate of drug-likeness (QED) is 0.383. The number of thioether (sulfide) groups is 1. The van der Waals surface area contributed by atoms with Gasteiger partial charge >= 0.3 is 0 Å². The number of allylic oxidation sites excluding steroid dienone is 1. The lowest BCUT2D eigenvalue weighted by Gasteiger charge is -2.28. The van der Waals surface area contributed by atoms with E-state index in [0.29, 0.717) is 39.4 Å². The molecule has 2 aromatic heterocycles. The van der Waals surface area contributed by atoms with Crippen molar-refractivity contribution >= 4 is 29.3 Å². The maximum Gasteiger partial charge on any atom is 0.255 e. The van der Waals surface area contributed by atoms with E-state index >= 15 is 0 Å². The smallest absolute Gasteiger partial charge is 0.255 e. The van der Waals surface area contributed by atoms with Crippen LogP contribution in [0.3, 0.4) is 0 Å². The third-order valence-electron chi connectivity index (χ3n) is 5.37. The number of rotatable bonds is 6. The standard InChI is InChI=1S/C25H21FN6OS/c1-16-21(23(33)29-20-11-6-12-27-14-20)22(18-9-5-10-19(26)13-18)32-24(28-16)30-25(31-32)34-15-17-7-3-2-4-8-17/h2-14,22H,15H2,1H3,(H,29,33)(H,28,30,31)/t22-/m1/s1. The number of aromatic nitrogens is 4. The van der Waals surface area contributed by atoms with Crippen LogP contribution in [-0.4, -0.2) is 25.7 Å². The van der Waals surface area contributed by atoms with Gasteiger partial charge in [0, 0.05) is 17.6 Å². The van der Waals surface area contributed by atoms with Crippen LogP contribution in [0.15, 0.2) is 95.6 Å². The molecule has 0 aliphatic carbocycles. The largest absolute Gasteiger partial charge is 0.328 e. The summed E-state index contributed by atoms with van der Waals surface area (Å²) in [5, 5.41) is 11.3. The molecule has 1 aliphatic heterocycles. The number of nitrogens with one attached hydrogen (secondary N) is 2. The van der Waals surface area contributed by atoms with E-state index in [2.05, 4.69) is 25.7 Å². The lowest BCUT2D eigenvalue weighted by Crippen LogP contribution is -2.31. The fraction of sp³-hybridized carbons (Fsp3) is 0.120. The number of halogens is 1. The summed E-state index contributed by atoms with van der Waals surface area (Å²) in [6.07, 6.45) is 3.20. The summed E-state index contributed by atoms with van der Waals surface area (Å²) < 4.78 is 15.8. The fourth-order valence-electron chi connectivity index (χ4n) is 3.83. The highest BCUT2D eigenvalue weighted by atomic mass is 32.2. The van der Waals surface area contributed by atoms with Crippen molar-refractivity contribution in [2.75, 3.05) is 10.6 Å². The molecule has 170 valence electrons. The number of pyridine rings is 1. The SMILES string of the molecule is CC1=C(C(=O)Nc2cccnc2)[C@@H](c2cccc(F)c2)n2nc(SCc3ccccc3)nc2N1. The molecule has 0 saturated carbocycles. The molecular weight excluding hydrogens is 451 g/mol. The molecule has 1 aliphatic rings. The van der Waals surface area contributed by atoms with E-state index in [4.69, 9.17) is 0 Å². The van der Waals surface area contributed by atoms with Gasteiger partial charge in [0.2, 0.25) is 11.1 Å². The number of amides is 1. The van der Waals surface area contributed by atoms with Gasteiger partial charge in [0.25, 0.3) is 5.91 Å². The zero-order chi connectivity index (χ0) is 23.5. The molecule has 0 saturated heterocycles. The van der Waals surface area contributed by atoms with E-state index in [1.165, 1.54) is 23.9 Å². The predicted octanol–water partition coefficient (Wildman–Crippen LogP) is 5.03. The molecule has 0 unspecified atom stereocenters. The number of benzene rings is 2. The highest BCUT2D eigenvalue weighted by molar-refractivity contribution is 7.98.